The monoisotopic (exact) mass is 214 g/mol. The van der Waals surface area contributed by atoms with Gasteiger partial charge in [-0.1, -0.05) is 26.8 Å². The van der Waals surface area contributed by atoms with Crippen molar-refractivity contribution in [3.8, 4) is 0 Å². The number of allylic oxidation sites excluding steroid dienone is 1. The number of carbonyl (C=O) groups is 1. The maximum absolute atomic E-state index is 11.5. The van der Waals surface area contributed by atoms with E-state index in [-0.39, 0.29) is 17.1 Å². The van der Waals surface area contributed by atoms with Gasteiger partial charge in [0.1, 0.15) is 11.9 Å². The Morgan fingerprint density at radius 3 is 2.71 bits per heavy atom. The van der Waals surface area contributed by atoms with Gasteiger partial charge in [-0.3, -0.25) is 4.79 Å². The lowest BCUT2D eigenvalue weighted by atomic mass is 10.1. The Morgan fingerprint density at radius 1 is 1.57 bits per heavy atom. The van der Waals surface area contributed by atoms with E-state index in [4.69, 9.17) is 4.74 Å². The summed E-state index contributed by atoms with van der Waals surface area (Å²) in [7, 11) is 0. The summed E-state index contributed by atoms with van der Waals surface area (Å²) in [6.07, 6.45) is 1.82. The fraction of sp³-hybridized carbons (Fsp3) is 0.727. The summed E-state index contributed by atoms with van der Waals surface area (Å²) in [5, 5.41) is 0.369. The number of esters is 1. The molecule has 1 heterocycles. The topological polar surface area (TPSA) is 26.3 Å². The quantitative estimate of drug-likeness (QED) is 0.533. The largest absolute Gasteiger partial charge is 0.464 e. The van der Waals surface area contributed by atoms with Gasteiger partial charge in [-0.25, -0.2) is 0 Å². The molecule has 0 spiro atoms. The van der Waals surface area contributed by atoms with Crippen molar-refractivity contribution in [2.45, 2.75) is 31.3 Å². The van der Waals surface area contributed by atoms with Gasteiger partial charge in [0.15, 0.2) is 0 Å². The first-order valence-corrected chi connectivity index (χ1v) is 5.95. The summed E-state index contributed by atoms with van der Waals surface area (Å²) < 4.78 is 5.18. The minimum absolute atomic E-state index is 0.0614. The lowest BCUT2D eigenvalue weighted by Crippen LogP contribution is -2.38. The van der Waals surface area contributed by atoms with Crippen LogP contribution in [0.5, 0.6) is 0 Å². The van der Waals surface area contributed by atoms with Crippen LogP contribution in [0.15, 0.2) is 12.7 Å². The minimum atomic E-state index is -0.0840. The van der Waals surface area contributed by atoms with Gasteiger partial charge >= 0.3 is 5.97 Å². The highest BCUT2D eigenvalue weighted by Crippen LogP contribution is 2.33. The molecular weight excluding hydrogens is 196 g/mol. The van der Waals surface area contributed by atoms with Gasteiger partial charge in [-0.2, -0.15) is 0 Å². The molecule has 0 saturated carbocycles. The van der Waals surface area contributed by atoms with E-state index in [1.54, 1.807) is 11.8 Å². The van der Waals surface area contributed by atoms with Crippen molar-refractivity contribution in [2.24, 2.45) is 11.8 Å². The summed E-state index contributed by atoms with van der Waals surface area (Å²) in [6.45, 7) is 10.6. The fourth-order valence-electron chi connectivity index (χ4n) is 1.34. The van der Waals surface area contributed by atoms with Gasteiger partial charge in [-0.15, -0.1) is 18.3 Å². The average Bonchev–Trinajstić information content (AvgIpc) is 2.17. The first-order chi connectivity index (χ1) is 6.56. The highest BCUT2D eigenvalue weighted by atomic mass is 32.2. The Hall–Kier alpha value is -0.440. The van der Waals surface area contributed by atoms with Crippen LogP contribution in [0, 0.1) is 11.8 Å². The first-order valence-electron chi connectivity index (χ1n) is 5.01. The molecule has 0 amide bonds. The third kappa shape index (κ3) is 2.53. The SMILES string of the molecule is C=C[C@@H](C)[C@H]1S[C@H](C(C)C)COC1=O. The van der Waals surface area contributed by atoms with Gasteiger partial charge in [0.05, 0.1) is 0 Å². The standard InChI is InChI=1S/C11H18O2S/c1-5-8(4)10-11(12)13-6-9(14-10)7(2)3/h5,7-10H,1,6H2,2-4H3/t8-,9+,10-/m1/s1. The van der Waals surface area contributed by atoms with Crippen molar-refractivity contribution in [1.82, 2.24) is 0 Å². The van der Waals surface area contributed by atoms with Crippen LogP contribution in [-0.4, -0.2) is 23.1 Å². The smallest absolute Gasteiger partial charge is 0.319 e. The van der Waals surface area contributed by atoms with Gasteiger partial charge in [0.25, 0.3) is 0 Å². The molecule has 0 aromatic rings. The van der Waals surface area contributed by atoms with Crippen LogP contribution < -0.4 is 0 Å². The Kier molecular flexibility index (Phi) is 4.05. The normalized spacial score (nSPS) is 29.9. The third-order valence-corrected chi connectivity index (χ3v) is 4.48. The molecular formula is C11H18O2S. The number of thioether (sulfide) groups is 1. The fourth-order valence-corrected chi connectivity index (χ4v) is 2.72. The van der Waals surface area contributed by atoms with Crippen LogP contribution in [0.1, 0.15) is 20.8 Å². The molecule has 0 radical (unpaired) electrons. The molecule has 3 atom stereocenters. The van der Waals surface area contributed by atoms with Crippen molar-refractivity contribution in [3.05, 3.63) is 12.7 Å². The molecule has 1 saturated heterocycles. The van der Waals surface area contributed by atoms with Crippen LogP contribution in [0.2, 0.25) is 0 Å². The molecule has 80 valence electrons. The molecule has 2 nitrogen and oxygen atoms in total. The summed E-state index contributed by atoms with van der Waals surface area (Å²) >= 11 is 1.73. The van der Waals surface area contributed by atoms with Crippen molar-refractivity contribution in [2.75, 3.05) is 6.61 Å². The molecule has 3 heteroatoms. The third-order valence-electron chi connectivity index (χ3n) is 2.54. The summed E-state index contributed by atoms with van der Waals surface area (Å²) in [5.41, 5.74) is 0. The molecule has 14 heavy (non-hydrogen) atoms. The predicted octanol–water partition coefficient (Wildman–Crippen LogP) is 2.49. The van der Waals surface area contributed by atoms with Gasteiger partial charge in [0.2, 0.25) is 0 Å². The van der Waals surface area contributed by atoms with Crippen molar-refractivity contribution in [1.29, 1.82) is 0 Å². The predicted molar refractivity (Wildman–Crippen MR) is 60.3 cm³/mol. The maximum atomic E-state index is 11.5. The summed E-state index contributed by atoms with van der Waals surface area (Å²) in [4.78, 5) is 11.5. The molecule has 1 aliphatic heterocycles. The Morgan fingerprint density at radius 2 is 2.21 bits per heavy atom. The molecule has 0 N–H and O–H groups in total. The summed E-state index contributed by atoms with van der Waals surface area (Å²) in [5.74, 6) is 0.654. The van der Waals surface area contributed by atoms with E-state index in [0.29, 0.717) is 17.8 Å². The summed E-state index contributed by atoms with van der Waals surface area (Å²) in [6, 6.07) is 0. The van der Waals surface area contributed by atoms with Crippen molar-refractivity contribution < 1.29 is 9.53 Å². The van der Waals surface area contributed by atoms with Crippen molar-refractivity contribution in [3.63, 3.8) is 0 Å². The second-order valence-corrected chi connectivity index (χ2v) is 5.45. The Bertz CT molecular complexity index is 225. The highest BCUT2D eigenvalue weighted by molar-refractivity contribution is 8.01. The van der Waals surface area contributed by atoms with Crippen LogP contribution >= 0.6 is 11.8 Å². The Balaban J connectivity index is 2.64. The highest BCUT2D eigenvalue weighted by Gasteiger charge is 2.34. The molecule has 0 aromatic carbocycles. The molecule has 1 fully saturated rings. The van der Waals surface area contributed by atoms with E-state index < -0.39 is 0 Å². The van der Waals surface area contributed by atoms with Crippen LogP contribution in [0.25, 0.3) is 0 Å². The van der Waals surface area contributed by atoms with Crippen LogP contribution in [0.4, 0.5) is 0 Å². The zero-order valence-corrected chi connectivity index (χ0v) is 9.84. The zero-order valence-electron chi connectivity index (χ0n) is 9.03. The number of carbonyl (C=O) groups excluding carboxylic acids is 1. The van der Waals surface area contributed by atoms with Crippen LogP contribution in [-0.2, 0) is 9.53 Å². The lowest BCUT2D eigenvalue weighted by Gasteiger charge is -2.32. The van der Waals surface area contributed by atoms with Crippen LogP contribution in [0.3, 0.4) is 0 Å². The molecule has 0 aliphatic carbocycles. The molecule has 0 unspecified atom stereocenters. The van der Waals surface area contributed by atoms with E-state index in [1.807, 2.05) is 13.0 Å². The lowest BCUT2D eigenvalue weighted by molar-refractivity contribution is -0.144. The Labute approximate surface area is 90.1 Å². The van der Waals surface area contributed by atoms with E-state index >= 15 is 0 Å². The van der Waals surface area contributed by atoms with E-state index in [2.05, 4.69) is 20.4 Å². The van der Waals surface area contributed by atoms with Gasteiger partial charge in [0, 0.05) is 5.25 Å². The molecule has 1 aliphatic rings. The number of hydrogen-bond acceptors (Lipinski definition) is 3. The zero-order chi connectivity index (χ0) is 10.7. The van der Waals surface area contributed by atoms with Gasteiger partial charge in [-0.05, 0) is 11.8 Å². The van der Waals surface area contributed by atoms with E-state index in [9.17, 15) is 4.79 Å². The second kappa shape index (κ2) is 4.87. The van der Waals surface area contributed by atoms with E-state index in [0.717, 1.165) is 0 Å². The molecule has 0 bridgehead atoms. The average molecular weight is 214 g/mol. The van der Waals surface area contributed by atoms with Gasteiger partial charge < -0.3 is 4.74 Å². The number of hydrogen-bond donors (Lipinski definition) is 0. The second-order valence-electron chi connectivity index (χ2n) is 4.06. The molecule has 1 rings (SSSR count). The number of rotatable bonds is 3. The maximum Gasteiger partial charge on any atom is 0.319 e. The van der Waals surface area contributed by atoms with E-state index in [1.165, 1.54) is 0 Å². The van der Waals surface area contributed by atoms with Crippen molar-refractivity contribution >= 4 is 17.7 Å². The minimum Gasteiger partial charge on any atom is -0.464 e. The first kappa shape index (κ1) is 11.6. The molecule has 0 aromatic heterocycles. The number of cyclic esters (lactones) is 1. The number of ether oxygens (including phenoxy) is 1.